The first kappa shape index (κ1) is 8.70. The molecule has 0 unspecified atom stereocenters. The SMILES string of the molecule is COc1ccc(F)c(I)c1F. The third-order valence-corrected chi connectivity index (χ3v) is 2.21. The maximum atomic E-state index is 12.9. The zero-order chi connectivity index (χ0) is 8.43. The number of hydrogen-bond donors (Lipinski definition) is 0. The molecule has 1 nitrogen and oxygen atoms in total. The van der Waals surface area contributed by atoms with E-state index >= 15 is 0 Å². The maximum Gasteiger partial charge on any atom is 0.181 e. The summed E-state index contributed by atoms with van der Waals surface area (Å²) in [6.07, 6.45) is 0. The molecule has 0 bridgehead atoms. The fraction of sp³-hybridized carbons (Fsp3) is 0.143. The highest BCUT2D eigenvalue weighted by Gasteiger charge is 2.10. The van der Waals surface area contributed by atoms with Crippen LogP contribution in [0, 0.1) is 15.2 Å². The lowest BCUT2D eigenvalue weighted by Gasteiger charge is -2.02. The minimum atomic E-state index is -0.645. The molecule has 0 fully saturated rings. The van der Waals surface area contributed by atoms with Crippen LogP contribution in [0.4, 0.5) is 8.78 Å². The van der Waals surface area contributed by atoms with Crippen molar-refractivity contribution in [1.82, 2.24) is 0 Å². The summed E-state index contributed by atoms with van der Waals surface area (Å²) >= 11 is 1.59. The van der Waals surface area contributed by atoms with Gasteiger partial charge in [-0.2, -0.15) is 0 Å². The largest absolute Gasteiger partial charge is 0.494 e. The lowest BCUT2D eigenvalue weighted by atomic mass is 10.3. The van der Waals surface area contributed by atoms with Crippen molar-refractivity contribution in [1.29, 1.82) is 0 Å². The summed E-state index contributed by atoms with van der Waals surface area (Å²) in [6, 6.07) is 2.43. The average Bonchev–Trinajstić information content (AvgIpc) is 2.01. The van der Waals surface area contributed by atoms with Crippen LogP contribution >= 0.6 is 22.6 Å². The van der Waals surface area contributed by atoms with Crippen molar-refractivity contribution in [3.05, 3.63) is 27.3 Å². The van der Waals surface area contributed by atoms with Crippen molar-refractivity contribution in [2.75, 3.05) is 7.11 Å². The van der Waals surface area contributed by atoms with E-state index in [0.717, 1.165) is 0 Å². The van der Waals surface area contributed by atoms with Gasteiger partial charge in [-0.15, -0.1) is 0 Å². The first-order valence-electron chi connectivity index (χ1n) is 2.84. The quantitative estimate of drug-likeness (QED) is 0.563. The number of methoxy groups -OCH3 is 1. The molecule has 0 aliphatic carbocycles. The Morgan fingerprint density at radius 1 is 1.36 bits per heavy atom. The Balaban J connectivity index is 3.25. The summed E-state index contributed by atoms with van der Waals surface area (Å²) in [5.74, 6) is -1.15. The van der Waals surface area contributed by atoms with Crippen molar-refractivity contribution >= 4 is 22.6 Å². The molecule has 0 N–H and O–H groups in total. The summed E-state index contributed by atoms with van der Waals surface area (Å²) in [5.41, 5.74) is 0. The van der Waals surface area contributed by atoms with Crippen LogP contribution in [0.2, 0.25) is 0 Å². The Kier molecular flexibility index (Phi) is 2.64. The molecule has 0 atom stereocenters. The Bertz CT molecular complexity index is 275. The normalized spacial score (nSPS) is 9.82. The molecule has 0 aliphatic heterocycles. The van der Waals surface area contributed by atoms with Gasteiger partial charge in [0.05, 0.1) is 10.7 Å². The third kappa shape index (κ3) is 1.61. The molecule has 0 spiro atoms. The molecule has 0 aliphatic rings. The van der Waals surface area contributed by atoms with E-state index in [1.165, 1.54) is 19.2 Å². The Morgan fingerprint density at radius 3 is 2.55 bits per heavy atom. The number of rotatable bonds is 1. The molecule has 0 saturated carbocycles. The van der Waals surface area contributed by atoms with E-state index in [-0.39, 0.29) is 9.32 Å². The number of benzene rings is 1. The predicted octanol–water partition coefficient (Wildman–Crippen LogP) is 2.58. The van der Waals surface area contributed by atoms with Gasteiger partial charge in [0, 0.05) is 0 Å². The van der Waals surface area contributed by atoms with Crippen molar-refractivity contribution in [3.63, 3.8) is 0 Å². The third-order valence-electron chi connectivity index (χ3n) is 1.22. The summed E-state index contributed by atoms with van der Waals surface area (Å²) < 4.78 is 30.1. The molecule has 0 amide bonds. The molecule has 11 heavy (non-hydrogen) atoms. The van der Waals surface area contributed by atoms with Gasteiger partial charge in [-0.3, -0.25) is 0 Å². The van der Waals surface area contributed by atoms with E-state index in [1.54, 1.807) is 22.6 Å². The van der Waals surface area contributed by atoms with Crippen molar-refractivity contribution in [3.8, 4) is 5.75 Å². The van der Waals surface area contributed by atoms with Gasteiger partial charge < -0.3 is 4.74 Å². The van der Waals surface area contributed by atoms with Gasteiger partial charge in [0.2, 0.25) is 0 Å². The van der Waals surface area contributed by atoms with Crippen LogP contribution in [0.5, 0.6) is 5.75 Å². The van der Waals surface area contributed by atoms with E-state index in [9.17, 15) is 8.78 Å². The smallest absolute Gasteiger partial charge is 0.181 e. The summed E-state index contributed by atoms with van der Waals surface area (Å²) in [4.78, 5) is 0. The molecule has 1 aromatic rings. The molecule has 60 valence electrons. The molecule has 1 aromatic carbocycles. The van der Waals surface area contributed by atoms with Crippen molar-refractivity contribution in [2.24, 2.45) is 0 Å². The highest BCUT2D eigenvalue weighted by atomic mass is 127. The van der Waals surface area contributed by atoms with E-state index < -0.39 is 11.6 Å². The molecule has 4 heteroatoms. The second kappa shape index (κ2) is 3.34. The molecule has 0 saturated heterocycles. The maximum absolute atomic E-state index is 12.9. The second-order valence-corrected chi connectivity index (χ2v) is 2.96. The Morgan fingerprint density at radius 2 is 2.00 bits per heavy atom. The van der Waals surface area contributed by atoms with Crippen LogP contribution < -0.4 is 4.74 Å². The Labute approximate surface area is 76.5 Å². The summed E-state index contributed by atoms with van der Waals surface area (Å²) in [7, 11) is 1.34. The van der Waals surface area contributed by atoms with Crippen LogP contribution in [0.25, 0.3) is 0 Å². The van der Waals surface area contributed by atoms with Gasteiger partial charge in [-0.25, -0.2) is 8.78 Å². The predicted molar refractivity (Wildman–Crippen MR) is 45.6 cm³/mol. The monoisotopic (exact) mass is 270 g/mol. The molecule has 0 radical (unpaired) electrons. The van der Waals surface area contributed by atoms with Crippen molar-refractivity contribution < 1.29 is 13.5 Å². The molecular weight excluding hydrogens is 265 g/mol. The van der Waals surface area contributed by atoms with Crippen LogP contribution in [0.15, 0.2) is 12.1 Å². The van der Waals surface area contributed by atoms with E-state index in [0.29, 0.717) is 0 Å². The van der Waals surface area contributed by atoms with Crippen LogP contribution in [0.3, 0.4) is 0 Å². The highest BCUT2D eigenvalue weighted by molar-refractivity contribution is 14.1. The van der Waals surface area contributed by atoms with Crippen molar-refractivity contribution in [2.45, 2.75) is 0 Å². The zero-order valence-corrected chi connectivity index (χ0v) is 7.85. The Hall–Kier alpha value is -0.390. The van der Waals surface area contributed by atoms with Gasteiger partial charge in [0.1, 0.15) is 5.82 Å². The number of hydrogen-bond acceptors (Lipinski definition) is 1. The zero-order valence-electron chi connectivity index (χ0n) is 5.70. The number of halogens is 3. The van der Waals surface area contributed by atoms with Gasteiger partial charge in [0.25, 0.3) is 0 Å². The fourth-order valence-electron chi connectivity index (χ4n) is 0.666. The van der Waals surface area contributed by atoms with Crippen LogP contribution in [-0.4, -0.2) is 7.11 Å². The first-order valence-corrected chi connectivity index (χ1v) is 3.92. The minimum absolute atomic E-state index is 0.0399. The van der Waals surface area contributed by atoms with E-state index in [4.69, 9.17) is 0 Å². The van der Waals surface area contributed by atoms with Gasteiger partial charge in [-0.1, -0.05) is 0 Å². The molecule has 1 rings (SSSR count). The second-order valence-electron chi connectivity index (χ2n) is 1.88. The molecule has 0 aromatic heterocycles. The van der Waals surface area contributed by atoms with Gasteiger partial charge in [-0.05, 0) is 34.7 Å². The first-order chi connectivity index (χ1) is 5.16. The summed E-state index contributed by atoms with van der Waals surface area (Å²) in [5, 5.41) is 0. The minimum Gasteiger partial charge on any atom is -0.494 e. The fourth-order valence-corrected chi connectivity index (χ4v) is 1.11. The lowest BCUT2D eigenvalue weighted by Crippen LogP contribution is -1.93. The molecule has 0 heterocycles. The number of ether oxygens (including phenoxy) is 1. The highest BCUT2D eigenvalue weighted by Crippen LogP contribution is 2.23. The lowest BCUT2D eigenvalue weighted by molar-refractivity contribution is 0.382. The van der Waals surface area contributed by atoms with Crippen LogP contribution in [0.1, 0.15) is 0 Å². The van der Waals surface area contributed by atoms with E-state index in [2.05, 4.69) is 4.74 Å². The van der Waals surface area contributed by atoms with Gasteiger partial charge in [0.15, 0.2) is 11.6 Å². The summed E-state index contributed by atoms with van der Waals surface area (Å²) in [6.45, 7) is 0. The topological polar surface area (TPSA) is 9.23 Å². The van der Waals surface area contributed by atoms with Gasteiger partial charge >= 0.3 is 0 Å². The standard InChI is InChI=1S/C7H5F2IO/c1-11-5-3-2-4(8)7(10)6(5)9/h2-3H,1H3. The van der Waals surface area contributed by atoms with E-state index in [1.807, 2.05) is 0 Å². The molecular formula is C7H5F2IO. The average molecular weight is 270 g/mol. The van der Waals surface area contributed by atoms with Crippen LogP contribution in [-0.2, 0) is 0 Å².